The lowest BCUT2D eigenvalue weighted by atomic mass is 10.2. The summed E-state index contributed by atoms with van der Waals surface area (Å²) >= 11 is 1.49. The van der Waals surface area contributed by atoms with Gasteiger partial charge in [0.2, 0.25) is 5.91 Å². The minimum absolute atomic E-state index is 0.0241. The van der Waals surface area contributed by atoms with Gasteiger partial charge in [0.1, 0.15) is 5.75 Å². The van der Waals surface area contributed by atoms with Crippen LogP contribution in [0.2, 0.25) is 0 Å². The van der Waals surface area contributed by atoms with Gasteiger partial charge < -0.3 is 10.1 Å². The Labute approximate surface area is 140 Å². The molecule has 1 amide bonds. The van der Waals surface area contributed by atoms with Crippen molar-refractivity contribution < 1.29 is 9.53 Å². The number of carbonyl (C=O) groups excluding carboxylic acids is 1. The second kappa shape index (κ2) is 7.75. The van der Waals surface area contributed by atoms with Crippen LogP contribution in [-0.2, 0) is 4.79 Å². The molecule has 5 nitrogen and oxygen atoms in total. The molecule has 0 radical (unpaired) electrons. The van der Waals surface area contributed by atoms with E-state index in [1.54, 1.807) is 0 Å². The predicted octanol–water partition coefficient (Wildman–Crippen LogP) is 3.51. The number of nitrogens with one attached hydrogen (secondary N) is 1. The summed E-state index contributed by atoms with van der Waals surface area (Å²) in [6.07, 6.45) is 4.93. The van der Waals surface area contributed by atoms with Gasteiger partial charge in [0.15, 0.2) is 5.13 Å². The first-order valence-corrected chi connectivity index (χ1v) is 9.12. The molecule has 0 atom stereocenters. The van der Waals surface area contributed by atoms with E-state index in [4.69, 9.17) is 4.74 Å². The molecule has 1 saturated heterocycles. The lowest BCUT2D eigenvalue weighted by molar-refractivity contribution is -0.117. The molecule has 124 valence electrons. The van der Waals surface area contributed by atoms with Crippen molar-refractivity contribution >= 4 is 32.6 Å². The van der Waals surface area contributed by atoms with Crippen molar-refractivity contribution in [3.63, 3.8) is 0 Å². The number of fused-ring (bicyclic) bond motifs is 1. The van der Waals surface area contributed by atoms with Crippen molar-refractivity contribution in [2.24, 2.45) is 0 Å². The zero-order valence-electron chi connectivity index (χ0n) is 13.5. The average Bonchev–Trinajstić information content (AvgIpc) is 2.73. The number of hydrogen-bond acceptors (Lipinski definition) is 5. The maximum absolute atomic E-state index is 12.2. The Hall–Kier alpha value is -1.66. The lowest BCUT2D eigenvalue weighted by Crippen LogP contribution is -2.33. The summed E-state index contributed by atoms with van der Waals surface area (Å²) in [6.45, 7) is 5.10. The number of nitrogens with zero attached hydrogens (tertiary/aromatic N) is 2. The summed E-state index contributed by atoms with van der Waals surface area (Å²) in [5.74, 6) is 0.863. The Morgan fingerprint density at radius 2 is 2.09 bits per heavy atom. The van der Waals surface area contributed by atoms with Crippen LogP contribution in [0.25, 0.3) is 10.2 Å². The van der Waals surface area contributed by atoms with Crippen LogP contribution in [0.15, 0.2) is 18.2 Å². The van der Waals surface area contributed by atoms with Crippen LogP contribution in [0.1, 0.15) is 32.6 Å². The summed E-state index contributed by atoms with van der Waals surface area (Å²) in [5.41, 5.74) is 0.892. The van der Waals surface area contributed by atoms with Gasteiger partial charge in [0.05, 0.1) is 23.4 Å². The van der Waals surface area contributed by atoms with E-state index < -0.39 is 0 Å². The molecule has 1 aliphatic rings. The zero-order chi connectivity index (χ0) is 16.1. The summed E-state index contributed by atoms with van der Waals surface area (Å²) in [4.78, 5) is 18.9. The third-order valence-electron chi connectivity index (χ3n) is 3.98. The summed E-state index contributed by atoms with van der Waals surface area (Å²) in [5, 5.41) is 3.60. The Bertz CT molecular complexity index is 663. The maximum Gasteiger partial charge on any atom is 0.240 e. The standard InChI is InChI=1S/C17H23N3O2S/c1-2-22-13-7-8-14-15(11-13)23-17(18-14)19-16(21)12-20-9-5-3-4-6-10-20/h7-8,11H,2-6,9-10,12H2,1H3,(H,18,19,21). The molecule has 1 aromatic carbocycles. The van der Waals surface area contributed by atoms with Gasteiger partial charge in [-0.05, 0) is 51.1 Å². The van der Waals surface area contributed by atoms with Crippen molar-refractivity contribution in [3.8, 4) is 5.75 Å². The molecule has 0 spiro atoms. The van der Waals surface area contributed by atoms with Crippen LogP contribution in [0.3, 0.4) is 0 Å². The highest BCUT2D eigenvalue weighted by atomic mass is 32.1. The van der Waals surface area contributed by atoms with Crippen molar-refractivity contribution in [2.45, 2.75) is 32.6 Å². The van der Waals surface area contributed by atoms with E-state index in [9.17, 15) is 4.79 Å². The summed E-state index contributed by atoms with van der Waals surface area (Å²) in [7, 11) is 0. The number of anilines is 1. The van der Waals surface area contributed by atoms with E-state index in [1.165, 1.54) is 37.0 Å². The highest BCUT2D eigenvalue weighted by Gasteiger charge is 2.14. The number of rotatable bonds is 5. The van der Waals surface area contributed by atoms with Crippen LogP contribution in [0.5, 0.6) is 5.75 Å². The molecule has 3 rings (SSSR count). The smallest absolute Gasteiger partial charge is 0.240 e. The van der Waals surface area contributed by atoms with Crippen LogP contribution < -0.4 is 10.1 Å². The van der Waals surface area contributed by atoms with Gasteiger partial charge in [0.25, 0.3) is 0 Å². The lowest BCUT2D eigenvalue weighted by Gasteiger charge is -2.18. The number of aromatic nitrogens is 1. The van der Waals surface area contributed by atoms with Crippen molar-refractivity contribution in [2.75, 3.05) is 31.6 Å². The molecule has 23 heavy (non-hydrogen) atoms. The number of carbonyl (C=O) groups is 1. The molecule has 1 N–H and O–H groups in total. The quantitative estimate of drug-likeness (QED) is 0.910. The van der Waals surface area contributed by atoms with E-state index >= 15 is 0 Å². The predicted molar refractivity (Wildman–Crippen MR) is 94.3 cm³/mol. The maximum atomic E-state index is 12.2. The van der Waals surface area contributed by atoms with E-state index in [-0.39, 0.29) is 5.91 Å². The molecule has 2 aromatic rings. The van der Waals surface area contributed by atoms with Gasteiger partial charge in [-0.25, -0.2) is 4.98 Å². The molecule has 0 bridgehead atoms. The first-order valence-electron chi connectivity index (χ1n) is 8.30. The third kappa shape index (κ3) is 4.42. The van der Waals surface area contributed by atoms with Crippen molar-refractivity contribution in [1.29, 1.82) is 0 Å². The van der Waals surface area contributed by atoms with E-state index in [2.05, 4.69) is 15.2 Å². The molecule has 1 aromatic heterocycles. The molecule has 2 heterocycles. The highest BCUT2D eigenvalue weighted by molar-refractivity contribution is 7.22. The van der Waals surface area contributed by atoms with Crippen molar-refractivity contribution in [3.05, 3.63) is 18.2 Å². The first-order chi connectivity index (χ1) is 11.2. The molecule has 6 heteroatoms. The molecule has 0 unspecified atom stereocenters. The SMILES string of the molecule is CCOc1ccc2nc(NC(=O)CN3CCCCCC3)sc2c1. The van der Waals surface area contributed by atoms with Crippen molar-refractivity contribution in [1.82, 2.24) is 9.88 Å². The minimum atomic E-state index is 0.0241. The van der Waals surface area contributed by atoms with E-state index in [0.717, 1.165) is 29.1 Å². The third-order valence-corrected chi connectivity index (χ3v) is 4.92. The van der Waals surface area contributed by atoms with Gasteiger partial charge in [0, 0.05) is 0 Å². The Balaban J connectivity index is 1.62. The number of likely N-dealkylation sites (tertiary alicyclic amines) is 1. The van der Waals surface area contributed by atoms with Gasteiger partial charge in [-0.15, -0.1) is 0 Å². The second-order valence-corrected chi connectivity index (χ2v) is 6.85. The van der Waals surface area contributed by atoms with Crippen LogP contribution in [0, 0.1) is 0 Å². The molecular formula is C17H23N3O2S. The topological polar surface area (TPSA) is 54.5 Å². The molecule has 0 saturated carbocycles. The van der Waals surface area contributed by atoms with Crippen LogP contribution in [0.4, 0.5) is 5.13 Å². The largest absolute Gasteiger partial charge is 0.494 e. The normalized spacial score (nSPS) is 16.2. The molecule has 1 fully saturated rings. The average molecular weight is 333 g/mol. The molecule has 0 aliphatic carbocycles. The van der Waals surface area contributed by atoms with Gasteiger partial charge in [-0.2, -0.15) is 0 Å². The fraction of sp³-hybridized carbons (Fsp3) is 0.529. The zero-order valence-corrected chi connectivity index (χ0v) is 14.3. The van der Waals surface area contributed by atoms with E-state index in [1.807, 2.05) is 25.1 Å². The monoisotopic (exact) mass is 333 g/mol. The molecular weight excluding hydrogens is 310 g/mol. The van der Waals surface area contributed by atoms with Crippen LogP contribution in [-0.4, -0.2) is 42.0 Å². The first kappa shape index (κ1) is 16.2. The molecule has 1 aliphatic heterocycles. The number of thiazole rings is 1. The van der Waals surface area contributed by atoms with Gasteiger partial charge >= 0.3 is 0 Å². The number of amides is 1. The second-order valence-electron chi connectivity index (χ2n) is 5.82. The number of ether oxygens (including phenoxy) is 1. The Morgan fingerprint density at radius 1 is 1.30 bits per heavy atom. The highest BCUT2D eigenvalue weighted by Crippen LogP contribution is 2.29. The fourth-order valence-electron chi connectivity index (χ4n) is 2.87. The summed E-state index contributed by atoms with van der Waals surface area (Å²) in [6, 6.07) is 5.82. The number of hydrogen-bond donors (Lipinski definition) is 1. The Kier molecular flexibility index (Phi) is 5.46. The number of benzene rings is 1. The fourth-order valence-corrected chi connectivity index (χ4v) is 3.78. The minimum Gasteiger partial charge on any atom is -0.494 e. The van der Waals surface area contributed by atoms with Crippen LogP contribution >= 0.6 is 11.3 Å². The van der Waals surface area contributed by atoms with Gasteiger partial charge in [-0.3, -0.25) is 9.69 Å². The van der Waals surface area contributed by atoms with E-state index in [0.29, 0.717) is 18.3 Å². The Morgan fingerprint density at radius 3 is 2.83 bits per heavy atom. The van der Waals surface area contributed by atoms with Gasteiger partial charge in [-0.1, -0.05) is 24.2 Å². The summed E-state index contributed by atoms with van der Waals surface area (Å²) < 4.78 is 6.53.